The predicted octanol–water partition coefficient (Wildman–Crippen LogP) is 1.77. The number of nitrogens with one attached hydrogen (secondary N) is 1. The van der Waals surface area contributed by atoms with Gasteiger partial charge in [0.15, 0.2) is 0 Å². The number of rotatable bonds is 0. The maximum Gasteiger partial charge on any atom is 0.244 e. The zero-order chi connectivity index (χ0) is 7.14. The lowest BCUT2D eigenvalue weighted by molar-refractivity contribution is 0.568. The first-order valence-electron chi connectivity index (χ1n) is 3.18. The Morgan fingerprint density at radius 1 is 1.50 bits per heavy atom. The minimum Gasteiger partial charge on any atom is -0.442 e. The number of aryl methyl sites for hydroxylation is 2. The Bertz CT molecular complexity index is 295. The molecule has 0 aliphatic carbocycles. The van der Waals surface area contributed by atoms with Crippen LogP contribution in [0.5, 0.6) is 0 Å². The van der Waals surface area contributed by atoms with Crippen LogP contribution in [0.3, 0.4) is 0 Å². The van der Waals surface area contributed by atoms with Crippen LogP contribution in [0.2, 0.25) is 0 Å². The number of imidazole rings is 1. The quantitative estimate of drug-likeness (QED) is 0.599. The van der Waals surface area contributed by atoms with E-state index in [1.54, 1.807) is 0 Å². The highest BCUT2D eigenvalue weighted by molar-refractivity contribution is 5.69. The zero-order valence-corrected chi connectivity index (χ0v) is 5.93. The number of fused-ring (bicyclic) bond motifs is 1. The molecule has 3 heteroatoms. The number of nitrogens with zero attached hydrogens (tertiary/aromatic N) is 1. The summed E-state index contributed by atoms with van der Waals surface area (Å²) in [5, 5.41) is 0. The summed E-state index contributed by atoms with van der Waals surface area (Å²) in [5.74, 6) is 1.79. The molecule has 1 N–H and O–H groups in total. The molecule has 0 saturated carbocycles. The van der Waals surface area contributed by atoms with Crippen molar-refractivity contribution in [2.75, 3.05) is 0 Å². The maximum absolute atomic E-state index is 5.25. The minimum atomic E-state index is 0.704. The van der Waals surface area contributed by atoms with Crippen molar-refractivity contribution < 1.29 is 4.42 Å². The SMILES string of the molecule is Cc1nc2oc(C)cc2[nH]1. The summed E-state index contributed by atoms with van der Waals surface area (Å²) in [4.78, 5) is 7.19. The van der Waals surface area contributed by atoms with E-state index in [0.717, 1.165) is 17.1 Å². The van der Waals surface area contributed by atoms with E-state index in [1.165, 1.54) is 0 Å². The molecule has 3 nitrogen and oxygen atoms in total. The van der Waals surface area contributed by atoms with E-state index in [9.17, 15) is 0 Å². The molecule has 0 amide bonds. The average molecular weight is 136 g/mol. The van der Waals surface area contributed by atoms with Crippen molar-refractivity contribution in [2.24, 2.45) is 0 Å². The topological polar surface area (TPSA) is 41.8 Å². The lowest BCUT2D eigenvalue weighted by Crippen LogP contribution is -1.70. The molecule has 2 rings (SSSR count). The third kappa shape index (κ3) is 0.635. The van der Waals surface area contributed by atoms with Gasteiger partial charge in [0, 0.05) is 6.07 Å². The second kappa shape index (κ2) is 1.62. The van der Waals surface area contributed by atoms with Crippen LogP contribution in [0.4, 0.5) is 0 Å². The summed E-state index contributed by atoms with van der Waals surface area (Å²) in [6.07, 6.45) is 0. The lowest BCUT2D eigenvalue weighted by atomic mass is 10.5. The second-order valence-corrected chi connectivity index (χ2v) is 2.40. The van der Waals surface area contributed by atoms with Crippen LogP contribution in [0, 0.1) is 13.8 Å². The molecule has 2 aromatic rings. The number of aromatic amines is 1. The number of H-pyrrole nitrogens is 1. The zero-order valence-electron chi connectivity index (χ0n) is 5.93. The number of furan rings is 1. The Hall–Kier alpha value is -1.25. The molecule has 0 atom stereocenters. The summed E-state index contributed by atoms with van der Waals surface area (Å²) in [5.41, 5.74) is 1.69. The van der Waals surface area contributed by atoms with E-state index in [2.05, 4.69) is 9.97 Å². The fourth-order valence-electron chi connectivity index (χ4n) is 1.05. The van der Waals surface area contributed by atoms with Gasteiger partial charge < -0.3 is 9.40 Å². The van der Waals surface area contributed by atoms with Crippen LogP contribution in [0.1, 0.15) is 11.6 Å². The number of aromatic nitrogens is 2. The molecule has 0 aromatic carbocycles. The average Bonchev–Trinajstić information content (AvgIpc) is 2.21. The molecule has 2 aromatic heterocycles. The maximum atomic E-state index is 5.25. The van der Waals surface area contributed by atoms with E-state index in [-0.39, 0.29) is 0 Å². The fraction of sp³-hybridized carbons (Fsp3) is 0.286. The molecule has 0 aliphatic rings. The summed E-state index contributed by atoms with van der Waals surface area (Å²) < 4.78 is 5.25. The van der Waals surface area contributed by atoms with Crippen molar-refractivity contribution in [2.45, 2.75) is 13.8 Å². The summed E-state index contributed by atoms with van der Waals surface area (Å²) >= 11 is 0. The van der Waals surface area contributed by atoms with E-state index < -0.39 is 0 Å². The molecular formula is C7H8N2O. The van der Waals surface area contributed by atoms with E-state index in [1.807, 2.05) is 19.9 Å². The monoisotopic (exact) mass is 136 g/mol. The van der Waals surface area contributed by atoms with Gasteiger partial charge in [-0.1, -0.05) is 0 Å². The van der Waals surface area contributed by atoms with Crippen LogP contribution in [0.25, 0.3) is 11.2 Å². The van der Waals surface area contributed by atoms with Crippen molar-refractivity contribution in [3.05, 3.63) is 17.7 Å². The minimum absolute atomic E-state index is 0.704. The first-order chi connectivity index (χ1) is 4.75. The van der Waals surface area contributed by atoms with Gasteiger partial charge in [0.2, 0.25) is 5.71 Å². The third-order valence-electron chi connectivity index (χ3n) is 1.42. The second-order valence-electron chi connectivity index (χ2n) is 2.40. The van der Waals surface area contributed by atoms with Gasteiger partial charge >= 0.3 is 0 Å². The standard InChI is InChI=1S/C7H8N2O/c1-4-3-6-7(10-4)9-5(2)8-6/h3H,1-2H3,(H,8,9). The molecular weight excluding hydrogens is 128 g/mol. The Labute approximate surface area is 58.1 Å². The summed E-state index contributed by atoms with van der Waals surface area (Å²) in [6, 6.07) is 1.94. The highest BCUT2D eigenvalue weighted by Crippen LogP contribution is 2.14. The highest BCUT2D eigenvalue weighted by atomic mass is 16.3. The first kappa shape index (κ1) is 5.53. The first-order valence-corrected chi connectivity index (χ1v) is 3.18. The molecule has 0 saturated heterocycles. The van der Waals surface area contributed by atoms with Crippen molar-refractivity contribution in [1.29, 1.82) is 0 Å². The van der Waals surface area contributed by atoms with Crippen molar-refractivity contribution in [3.8, 4) is 0 Å². The van der Waals surface area contributed by atoms with Crippen LogP contribution < -0.4 is 0 Å². The predicted molar refractivity (Wildman–Crippen MR) is 37.8 cm³/mol. The fourth-order valence-corrected chi connectivity index (χ4v) is 1.05. The van der Waals surface area contributed by atoms with Crippen LogP contribution >= 0.6 is 0 Å². The molecule has 0 unspecified atom stereocenters. The van der Waals surface area contributed by atoms with Crippen LogP contribution in [-0.2, 0) is 0 Å². The molecule has 2 heterocycles. The van der Waals surface area contributed by atoms with Crippen LogP contribution in [0.15, 0.2) is 10.5 Å². The van der Waals surface area contributed by atoms with Gasteiger partial charge in [-0.3, -0.25) is 0 Å². The number of hydrogen-bond donors (Lipinski definition) is 1. The third-order valence-corrected chi connectivity index (χ3v) is 1.42. The normalized spacial score (nSPS) is 11.0. The molecule has 0 aliphatic heterocycles. The van der Waals surface area contributed by atoms with E-state index in [0.29, 0.717) is 5.71 Å². The van der Waals surface area contributed by atoms with Crippen molar-refractivity contribution in [1.82, 2.24) is 9.97 Å². The molecule has 0 spiro atoms. The van der Waals surface area contributed by atoms with Gasteiger partial charge in [-0.15, -0.1) is 0 Å². The molecule has 10 heavy (non-hydrogen) atoms. The van der Waals surface area contributed by atoms with Gasteiger partial charge in [0.05, 0.1) is 0 Å². The Balaban J connectivity index is 2.83. The molecule has 0 bridgehead atoms. The van der Waals surface area contributed by atoms with Crippen molar-refractivity contribution in [3.63, 3.8) is 0 Å². The van der Waals surface area contributed by atoms with Gasteiger partial charge in [-0.05, 0) is 13.8 Å². The molecule has 0 fully saturated rings. The van der Waals surface area contributed by atoms with Gasteiger partial charge in [0.1, 0.15) is 17.1 Å². The van der Waals surface area contributed by atoms with Crippen LogP contribution in [-0.4, -0.2) is 9.97 Å². The Morgan fingerprint density at radius 3 is 3.00 bits per heavy atom. The smallest absolute Gasteiger partial charge is 0.244 e. The van der Waals surface area contributed by atoms with E-state index in [4.69, 9.17) is 4.42 Å². The van der Waals surface area contributed by atoms with Gasteiger partial charge in [0.25, 0.3) is 0 Å². The highest BCUT2D eigenvalue weighted by Gasteiger charge is 2.02. The van der Waals surface area contributed by atoms with E-state index >= 15 is 0 Å². The largest absolute Gasteiger partial charge is 0.442 e. The summed E-state index contributed by atoms with van der Waals surface area (Å²) in [7, 11) is 0. The Morgan fingerprint density at radius 2 is 2.30 bits per heavy atom. The number of hydrogen-bond acceptors (Lipinski definition) is 2. The lowest BCUT2D eigenvalue weighted by Gasteiger charge is -1.77. The Kier molecular flexibility index (Phi) is 0.897. The molecule has 52 valence electrons. The van der Waals surface area contributed by atoms with Crippen molar-refractivity contribution >= 4 is 11.2 Å². The van der Waals surface area contributed by atoms with Gasteiger partial charge in [-0.25, -0.2) is 0 Å². The van der Waals surface area contributed by atoms with Gasteiger partial charge in [-0.2, -0.15) is 4.98 Å². The summed E-state index contributed by atoms with van der Waals surface area (Å²) in [6.45, 7) is 3.82. The molecule has 0 radical (unpaired) electrons.